The minimum Gasteiger partial charge on any atom is -0.352 e. The molecule has 0 unspecified atom stereocenters. The number of carbonyl (C=O) groups excluding carboxylic acids is 1. The van der Waals surface area contributed by atoms with Crippen LogP contribution >= 0.6 is 0 Å². The van der Waals surface area contributed by atoms with E-state index in [-0.39, 0.29) is 6.03 Å². The number of hydrogen-bond acceptors (Lipinski definition) is 6. The second-order valence-corrected chi connectivity index (χ2v) is 8.54. The third-order valence-electron chi connectivity index (χ3n) is 5.72. The number of anilines is 2. The average molecular weight is 485 g/mol. The summed E-state index contributed by atoms with van der Waals surface area (Å²) in [7, 11) is 0. The van der Waals surface area contributed by atoms with Crippen LogP contribution in [0.25, 0.3) is 22.6 Å². The van der Waals surface area contributed by atoms with Crippen LogP contribution in [-0.2, 0) is 6.54 Å². The van der Waals surface area contributed by atoms with Gasteiger partial charge in [-0.3, -0.25) is 0 Å². The summed E-state index contributed by atoms with van der Waals surface area (Å²) >= 11 is 0. The molecule has 0 spiro atoms. The van der Waals surface area contributed by atoms with Gasteiger partial charge >= 0.3 is 6.03 Å². The van der Waals surface area contributed by atoms with Crippen LogP contribution in [0.5, 0.6) is 0 Å². The van der Waals surface area contributed by atoms with Crippen molar-refractivity contribution in [3.63, 3.8) is 0 Å². The molecular weight excluding hydrogens is 452 g/mol. The van der Waals surface area contributed by atoms with Crippen molar-refractivity contribution in [1.29, 1.82) is 0 Å². The summed E-state index contributed by atoms with van der Waals surface area (Å²) in [6.45, 7) is 6.40. The molecule has 9 nitrogen and oxygen atoms in total. The molecule has 9 heteroatoms. The molecule has 186 valence electrons. The van der Waals surface area contributed by atoms with Gasteiger partial charge in [-0.2, -0.15) is 0 Å². The highest BCUT2D eigenvalue weighted by molar-refractivity contribution is 5.91. The third-order valence-corrected chi connectivity index (χ3v) is 5.72. The molecule has 0 saturated carbocycles. The van der Waals surface area contributed by atoms with Gasteiger partial charge in [-0.1, -0.05) is 74.9 Å². The summed E-state index contributed by atoms with van der Waals surface area (Å²) in [4.78, 5) is 19.9. The van der Waals surface area contributed by atoms with Crippen molar-refractivity contribution in [2.24, 2.45) is 0 Å². The zero-order chi connectivity index (χ0) is 25.2. The maximum atomic E-state index is 12.6. The van der Waals surface area contributed by atoms with E-state index in [1.807, 2.05) is 54.6 Å². The maximum absolute atomic E-state index is 12.6. The first-order valence-electron chi connectivity index (χ1n) is 12.4. The first-order valence-corrected chi connectivity index (χ1v) is 12.4. The van der Waals surface area contributed by atoms with Crippen molar-refractivity contribution < 1.29 is 4.79 Å². The van der Waals surface area contributed by atoms with Crippen LogP contribution in [0.3, 0.4) is 0 Å². The van der Waals surface area contributed by atoms with Gasteiger partial charge in [0.1, 0.15) is 5.82 Å². The lowest BCUT2D eigenvalue weighted by Gasteiger charge is -2.25. The highest BCUT2D eigenvalue weighted by atomic mass is 16.2. The number of rotatable bonds is 11. The Labute approximate surface area is 211 Å². The number of nitrogens with one attached hydrogen (secondary N) is 3. The van der Waals surface area contributed by atoms with Crippen molar-refractivity contribution in [3.8, 4) is 22.6 Å². The molecule has 2 aromatic heterocycles. The van der Waals surface area contributed by atoms with Gasteiger partial charge in [0.2, 0.25) is 0 Å². The van der Waals surface area contributed by atoms with Gasteiger partial charge in [0.05, 0.1) is 5.69 Å². The lowest BCUT2D eigenvalue weighted by molar-refractivity contribution is 0.252. The zero-order valence-electron chi connectivity index (χ0n) is 20.7. The van der Waals surface area contributed by atoms with E-state index in [0.29, 0.717) is 24.6 Å². The Kier molecular flexibility index (Phi) is 8.58. The summed E-state index contributed by atoms with van der Waals surface area (Å²) in [5.41, 5.74) is 4.28. The molecule has 2 amide bonds. The van der Waals surface area contributed by atoms with E-state index in [9.17, 15) is 4.79 Å². The van der Waals surface area contributed by atoms with E-state index < -0.39 is 0 Å². The van der Waals surface area contributed by atoms with E-state index in [0.717, 1.165) is 48.4 Å². The molecule has 4 rings (SSSR count). The first-order chi connectivity index (χ1) is 17.7. The predicted octanol–water partition coefficient (Wildman–Crippen LogP) is 5.27. The van der Waals surface area contributed by atoms with Crippen molar-refractivity contribution >= 4 is 17.5 Å². The number of amides is 2. The van der Waals surface area contributed by atoms with Gasteiger partial charge in [0, 0.05) is 42.5 Å². The molecule has 3 N–H and O–H groups in total. The average Bonchev–Trinajstić information content (AvgIpc) is 3.44. The Morgan fingerprint density at radius 3 is 2.47 bits per heavy atom. The quantitative estimate of drug-likeness (QED) is 0.250. The molecule has 0 radical (unpaired) electrons. The number of benzene rings is 2. The van der Waals surface area contributed by atoms with Gasteiger partial charge in [0.15, 0.2) is 5.82 Å². The van der Waals surface area contributed by atoms with Gasteiger partial charge < -0.3 is 15.5 Å². The molecular formula is C27H32N8O. The Morgan fingerprint density at radius 1 is 0.972 bits per heavy atom. The molecule has 2 heterocycles. The fourth-order valence-corrected chi connectivity index (χ4v) is 3.98. The highest BCUT2D eigenvalue weighted by Crippen LogP contribution is 2.32. The lowest BCUT2D eigenvalue weighted by atomic mass is 10.0. The highest BCUT2D eigenvalue weighted by Gasteiger charge is 2.17. The topological polar surface area (TPSA) is 112 Å². The molecule has 0 fully saturated rings. The number of carbonyl (C=O) groups is 1. The normalized spacial score (nSPS) is 10.7. The number of aromatic nitrogens is 5. The predicted molar refractivity (Wildman–Crippen MR) is 143 cm³/mol. The summed E-state index contributed by atoms with van der Waals surface area (Å²) in [5, 5.41) is 20.3. The molecule has 4 aromatic rings. The lowest BCUT2D eigenvalue weighted by Crippen LogP contribution is -2.30. The van der Waals surface area contributed by atoms with Crippen molar-refractivity contribution in [2.45, 2.75) is 39.7 Å². The van der Waals surface area contributed by atoms with Crippen molar-refractivity contribution in [1.82, 2.24) is 30.9 Å². The second-order valence-electron chi connectivity index (χ2n) is 8.54. The smallest absolute Gasteiger partial charge is 0.319 e. The molecule has 36 heavy (non-hydrogen) atoms. The maximum Gasteiger partial charge on any atom is 0.319 e. The Hall–Kier alpha value is -4.27. The van der Waals surface area contributed by atoms with Crippen LogP contribution in [0, 0.1) is 0 Å². The number of hydrogen-bond donors (Lipinski definition) is 3. The monoisotopic (exact) mass is 484 g/mol. The van der Waals surface area contributed by atoms with Crippen LogP contribution < -0.4 is 15.5 Å². The zero-order valence-corrected chi connectivity index (χ0v) is 20.7. The second kappa shape index (κ2) is 12.4. The van der Waals surface area contributed by atoms with Gasteiger partial charge in [-0.05, 0) is 34.9 Å². The third kappa shape index (κ3) is 6.44. The number of tetrazole rings is 1. The van der Waals surface area contributed by atoms with Crippen LogP contribution in [0.4, 0.5) is 16.3 Å². The fraction of sp³-hybridized carbons (Fsp3) is 0.296. The van der Waals surface area contributed by atoms with Crippen LogP contribution in [-0.4, -0.2) is 44.7 Å². The molecule has 0 atom stereocenters. The minimum atomic E-state index is -0.232. The molecule has 2 aromatic carbocycles. The summed E-state index contributed by atoms with van der Waals surface area (Å²) in [5.74, 6) is 1.34. The van der Waals surface area contributed by atoms with Gasteiger partial charge in [-0.25, -0.2) is 14.9 Å². The SMILES string of the molecule is CCCCNC(=O)Nc1cc(-c2ccccc2-c2nnn[nH]2)nc(N(CCC)Cc2ccccc2)c1. The summed E-state index contributed by atoms with van der Waals surface area (Å²) in [6.07, 6.45) is 2.90. The van der Waals surface area contributed by atoms with Crippen LogP contribution in [0.2, 0.25) is 0 Å². The first kappa shape index (κ1) is 24.8. The molecule has 0 aliphatic heterocycles. The number of unbranched alkanes of at least 4 members (excludes halogenated alkanes) is 1. The number of pyridine rings is 1. The van der Waals surface area contributed by atoms with E-state index in [4.69, 9.17) is 4.98 Å². The number of H-pyrrole nitrogens is 1. The minimum absolute atomic E-state index is 0.232. The number of aromatic amines is 1. The molecule has 0 saturated heterocycles. The molecule has 0 aliphatic rings. The van der Waals surface area contributed by atoms with E-state index in [1.165, 1.54) is 5.56 Å². The largest absolute Gasteiger partial charge is 0.352 e. The Bertz CT molecular complexity index is 1240. The molecule has 0 bridgehead atoms. The van der Waals surface area contributed by atoms with Crippen molar-refractivity contribution in [3.05, 3.63) is 72.3 Å². The number of urea groups is 1. The van der Waals surface area contributed by atoms with Crippen LogP contribution in [0.15, 0.2) is 66.7 Å². The Morgan fingerprint density at radius 2 is 1.75 bits per heavy atom. The van der Waals surface area contributed by atoms with E-state index in [1.54, 1.807) is 0 Å². The fourth-order valence-electron chi connectivity index (χ4n) is 3.98. The van der Waals surface area contributed by atoms with E-state index >= 15 is 0 Å². The summed E-state index contributed by atoms with van der Waals surface area (Å²) in [6, 6.07) is 21.7. The van der Waals surface area contributed by atoms with Gasteiger partial charge in [0.25, 0.3) is 0 Å². The summed E-state index contributed by atoms with van der Waals surface area (Å²) < 4.78 is 0. The van der Waals surface area contributed by atoms with Crippen molar-refractivity contribution in [2.75, 3.05) is 23.3 Å². The van der Waals surface area contributed by atoms with Gasteiger partial charge in [-0.15, -0.1) is 5.10 Å². The number of nitrogens with zero attached hydrogens (tertiary/aromatic N) is 5. The van der Waals surface area contributed by atoms with Crippen LogP contribution in [0.1, 0.15) is 38.7 Å². The Balaban J connectivity index is 1.74. The molecule has 0 aliphatic carbocycles. The standard InChI is InChI=1S/C27H32N8O/c1-3-5-15-28-27(36)29-21-17-24(22-13-9-10-14-23(22)26-31-33-34-32-26)30-25(18-21)35(16-4-2)19-20-11-7-6-8-12-20/h6-14,17-18H,3-5,15-16,19H2,1-2H3,(H2,28,29,30,36)(H,31,32,33,34). The van der Waals surface area contributed by atoms with E-state index in [2.05, 4.69) is 62.1 Å².